The SMILES string of the molecule is COc1cc(/C=C2\SC(=O)N(CC(=O)Nc3ccc(I)cc3)C2=O)ccc1OC(=O)c1ccccc1Cl. The van der Waals surface area contributed by atoms with Crippen LogP contribution < -0.4 is 14.8 Å². The maximum Gasteiger partial charge on any atom is 0.345 e. The number of thioether (sulfide) groups is 1. The number of benzene rings is 3. The number of carbonyl (C=O) groups is 4. The number of esters is 1. The molecule has 0 bridgehead atoms. The van der Waals surface area contributed by atoms with Crippen molar-refractivity contribution in [1.29, 1.82) is 0 Å². The highest BCUT2D eigenvalue weighted by Gasteiger charge is 2.36. The highest BCUT2D eigenvalue weighted by molar-refractivity contribution is 14.1. The average Bonchev–Trinajstić information content (AvgIpc) is 3.13. The van der Waals surface area contributed by atoms with E-state index in [-0.39, 0.29) is 27.0 Å². The smallest absolute Gasteiger partial charge is 0.345 e. The number of anilines is 1. The summed E-state index contributed by atoms with van der Waals surface area (Å²) >= 11 is 8.94. The summed E-state index contributed by atoms with van der Waals surface area (Å²) in [4.78, 5) is 51.2. The van der Waals surface area contributed by atoms with Gasteiger partial charge in [-0.1, -0.05) is 29.8 Å². The topological polar surface area (TPSA) is 102 Å². The molecule has 1 heterocycles. The molecule has 3 aromatic carbocycles. The van der Waals surface area contributed by atoms with E-state index in [4.69, 9.17) is 21.1 Å². The normalized spacial score (nSPS) is 14.1. The Balaban J connectivity index is 1.46. The predicted octanol–water partition coefficient (Wildman–Crippen LogP) is 5.85. The Morgan fingerprint density at radius 3 is 2.49 bits per heavy atom. The summed E-state index contributed by atoms with van der Waals surface area (Å²) in [6, 6.07) is 18.3. The molecular formula is C26H18ClIN2O6S. The number of carbonyl (C=O) groups excluding carboxylic acids is 4. The first kappa shape index (κ1) is 26.7. The third-order valence-electron chi connectivity index (χ3n) is 5.09. The molecular weight excluding hydrogens is 631 g/mol. The van der Waals surface area contributed by atoms with Crippen LogP contribution in [0.5, 0.6) is 11.5 Å². The molecule has 0 radical (unpaired) electrons. The van der Waals surface area contributed by atoms with Crippen LogP contribution in [0.3, 0.4) is 0 Å². The van der Waals surface area contributed by atoms with Gasteiger partial charge >= 0.3 is 5.97 Å². The number of nitrogens with one attached hydrogen (secondary N) is 1. The summed E-state index contributed by atoms with van der Waals surface area (Å²) in [7, 11) is 1.41. The molecule has 0 atom stereocenters. The minimum absolute atomic E-state index is 0.148. The van der Waals surface area contributed by atoms with E-state index >= 15 is 0 Å². The van der Waals surface area contributed by atoms with Crippen molar-refractivity contribution in [3.05, 3.63) is 91.4 Å². The standard InChI is InChI=1S/C26H18ClIN2O6S/c1-35-21-12-15(6-11-20(21)36-25(33)18-4-2-3-5-19(18)27)13-22-24(32)30(26(34)37-22)14-23(31)29-17-9-7-16(28)8-10-17/h2-13H,14H2,1H3,(H,29,31)/b22-13-. The van der Waals surface area contributed by atoms with Gasteiger partial charge < -0.3 is 14.8 Å². The van der Waals surface area contributed by atoms with Crippen LogP contribution in [0.1, 0.15) is 15.9 Å². The van der Waals surface area contributed by atoms with Crippen molar-refractivity contribution in [2.75, 3.05) is 19.0 Å². The third-order valence-corrected chi connectivity index (χ3v) is 7.04. The first-order valence-corrected chi connectivity index (χ1v) is 13.0. The lowest BCUT2D eigenvalue weighted by atomic mass is 10.1. The van der Waals surface area contributed by atoms with Gasteiger partial charge in [0.05, 0.1) is 22.6 Å². The zero-order chi connectivity index (χ0) is 26.5. The molecule has 37 heavy (non-hydrogen) atoms. The van der Waals surface area contributed by atoms with Crippen molar-refractivity contribution in [1.82, 2.24) is 4.90 Å². The molecule has 1 aliphatic rings. The number of ether oxygens (including phenoxy) is 2. The summed E-state index contributed by atoms with van der Waals surface area (Å²) in [5.41, 5.74) is 1.30. The van der Waals surface area contributed by atoms with Crippen molar-refractivity contribution in [2.24, 2.45) is 0 Å². The average molecular weight is 649 g/mol. The van der Waals surface area contributed by atoms with Crippen LogP contribution >= 0.6 is 46.0 Å². The van der Waals surface area contributed by atoms with Gasteiger partial charge in [0.15, 0.2) is 11.5 Å². The van der Waals surface area contributed by atoms with Crippen LogP contribution in [0.2, 0.25) is 5.02 Å². The van der Waals surface area contributed by atoms with Crippen LogP contribution in [-0.4, -0.2) is 41.6 Å². The number of nitrogens with zero attached hydrogens (tertiary/aromatic N) is 1. The molecule has 3 aromatic rings. The fraction of sp³-hybridized carbons (Fsp3) is 0.0769. The monoisotopic (exact) mass is 648 g/mol. The summed E-state index contributed by atoms with van der Waals surface area (Å²) in [5.74, 6) is -1.33. The first-order chi connectivity index (χ1) is 17.7. The molecule has 3 amide bonds. The van der Waals surface area contributed by atoms with Gasteiger partial charge in [0.2, 0.25) is 5.91 Å². The molecule has 1 aliphatic heterocycles. The zero-order valence-electron chi connectivity index (χ0n) is 19.2. The van der Waals surface area contributed by atoms with E-state index in [2.05, 4.69) is 27.9 Å². The number of halogens is 2. The molecule has 1 fully saturated rings. The maximum absolute atomic E-state index is 12.8. The Morgan fingerprint density at radius 2 is 1.78 bits per heavy atom. The minimum atomic E-state index is -0.652. The van der Waals surface area contributed by atoms with Gasteiger partial charge in [-0.05, 0) is 94.5 Å². The van der Waals surface area contributed by atoms with E-state index in [0.717, 1.165) is 20.2 Å². The van der Waals surface area contributed by atoms with Gasteiger partial charge in [-0.25, -0.2) is 4.79 Å². The van der Waals surface area contributed by atoms with Crippen LogP contribution in [-0.2, 0) is 9.59 Å². The lowest BCUT2D eigenvalue weighted by molar-refractivity contribution is -0.127. The zero-order valence-corrected chi connectivity index (χ0v) is 22.9. The lowest BCUT2D eigenvalue weighted by Crippen LogP contribution is -2.36. The van der Waals surface area contributed by atoms with Gasteiger partial charge in [0.25, 0.3) is 11.1 Å². The van der Waals surface area contributed by atoms with Gasteiger partial charge in [0.1, 0.15) is 6.54 Å². The van der Waals surface area contributed by atoms with Crippen LogP contribution in [0.4, 0.5) is 10.5 Å². The fourth-order valence-electron chi connectivity index (χ4n) is 3.30. The molecule has 11 heteroatoms. The highest BCUT2D eigenvalue weighted by Crippen LogP contribution is 2.35. The van der Waals surface area contributed by atoms with E-state index < -0.39 is 29.6 Å². The number of hydrogen-bond acceptors (Lipinski definition) is 7. The van der Waals surface area contributed by atoms with E-state index in [1.165, 1.54) is 19.3 Å². The van der Waals surface area contributed by atoms with Gasteiger partial charge in [-0.2, -0.15) is 0 Å². The Kier molecular flexibility index (Phi) is 8.52. The van der Waals surface area contributed by atoms with Crippen molar-refractivity contribution >= 4 is 80.7 Å². The molecule has 1 saturated heterocycles. The van der Waals surface area contributed by atoms with Crippen LogP contribution in [0, 0.1) is 3.57 Å². The quantitative estimate of drug-likeness (QED) is 0.149. The maximum atomic E-state index is 12.8. The van der Waals surface area contributed by atoms with Crippen molar-refractivity contribution in [3.8, 4) is 11.5 Å². The van der Waals surface area contributed by atoms with Crippen molar-refractivity contribution < 1.29 is 28.7 Å². The number of hydrogen-bond donors (Lipinski definition) is 1. The fourth-order valence-corrected chi connectivity index (χ4v) is 4.72. The summed E-state index contributed by atoms with van der Waals surface area (Å²) < 4.78 is 11.8. The first-order valence-electron chi connectivity index (χ1n) is 10.7. The molecule has 8 nitrogen and oxygen atoms in total. The molecule has 0 unspecified atom stereocenters. The summed E-state index contributed by atoms with van der Waals surface area (Å²) in [6.07, 6.45) is 1.50. The number of imide groups is 1. The van der Waals surface area contributed by atoms with E-state index in [9.17, 15) is 19.2 Å². The predicted molar refractivity (Wildman–Crippen MR) is 150 cm³/mol. The van der Waals surface area contributed by atoms with Crippen LogP contribution in [0.25, 0.3) is 6.08 Å². The van der Waals surface area contributed by atoms with Gasteiger partial charge in [-0.3, -0.25) is 19.3 Å². The molecule has 4 rings (SSSR count). The summed E-state index contributed by atoms with van der Waals surface area (Å²) in [5, 5.41) is 2.38. The molecule has 0 aliphatic carbocycles. The van der Waals surface area contributed by atoms with Gasteiger partial charge in [-0.15, -0.1) is 0 Å². The van der Waals surface area contributed by atoms with Crippen LogP contribution in [0.15, 0.2) is 71.6 Å². The Bertz CT molecular complexity index is 1430. The Hall–Kier alpha value is -3.35. The Labute approximate surface area is 235 Å². The molecule has 0 spiro atoms. The Morgan fingerprint density at radius 1 is 1.05 bits per heavy atom. The second-order valence-electron chi connectivity index (χ2n) is 7.60. The molecule has 0 saturated carbocycles. The molecule has 1 N–H and O–H groups in total. The van der Waals surface area contributed by atoms with Crippen molar-refractivity contribution in [2.45, 2.75) is 0 Å². The third kappa shape index (κ3) is 6.51. The van der Waals surface area contributed by atoms with Gasteiger partial charge in [0, 0.05) is 9.26 Å². The second-order valence-corrected chi connectivity index (χ2v) is 10.2. The number of rotatable bonds is 7. The van der Waals surface area contributed by atoms with E-state index in [1.54, 1.807) is 48.5 Å². The molecule has 188 valence electrons. The lowest BCUT2D eigenvalue weighted by Gasteiger charge is -2.12. The molecule has 0 aromatic heterocycles. The largest absolute Gasteiger partial charge is 0.493 e. The second kappa shape index (κ2) is 11.8. The number of amides is 3. The number of methoxy groups -OCH3 is 1. The van der Waals surface area contributed by atoms with E-state index in [0.29, 0.717) is 11.3 Å². The van der Waals surface area contributed by atoms with E-state index in [1.807, 2.05) is 12.1 Å². The van der Waals surface area contributed by atoms with Crippen molar-refractivity contribution in [3.63, 3.8) is 0 Å². The highest BCUT2D eigenvalue weighted by atomic mass is 127. The summed E-state index contributed by atoms with van der Waals surface area (Å²) in [6.45, 7) is -0.408. The minimum Gasteiger partial charge on any atom is -0.493 e.